The maximum atomic E-state index is 11.3. The third-order valence-corrected chi connectivity index (χ3v) is 4.25. The Bertz CT molecular complexity index is 559. The second kappa shape index (κ2) is 5.36. The summed E-state index contributed by atoms with van der Waals surface area (Å²) in [5, 5.41) is 5.09. The molecule has 1 atom stereocenters. The molecule has 4 N–H and O–H groups in total. The molecule has 1 heterocycles. The third kappa shape index (κ3) is 2.99. The highest BCUT2D eigenvalue weighted by atomic mass is 32.2. The molecule has 6 nitrogen and oxygen atoms in total. The van der Waals surface area contributed by atoms with Crippen LogP contribution in [0, 0.1) is 0 Å². The monoisotopic (exact) mass is 285 g/mol. The topological polar surface area (TPSA) is 98.6 Å². The summed E-state index contributed by atoms with van der Waals surface area (Å²) in [7, 11) is -3.72. The van der Waals surface area contributed by atoms with E-state index in [1.54, 1.807) is 6.07 Å². The minimum absolute atomic E-state index is 0.0371. The predicted molar refractivity (Wildman–Crippen MR) is 74.5 cm³/mol. The average Bonchev–Trinajstić information content (AvgIpc) is 2.37. The Hall–Kier alpha value is -1.31. The van der Waals surface area contributed by atoms with Gasteiger partial charge in [-0.05, 0) is 24.6 Å². The maximum Gasteiger partial charge on any atom is 0.238 e. The van der Waals surface area contributed by atoms with Gasteiger partial charge < -0.3 is 15.4 Å². The lowest BCUT2D eigenvalue weighted by Gasteiger charge is -2.37. The molecule has 0 amide bonds. The molecule has 1 aromatic carbocycles. The van der Waals surface area contributed by atoms with Crippen molar-refractivity contribution in [1.29, 1.82) is 0 Å². The Morgan fingerprint density at radius 2 is 2.21 bits per heavy atom. The Balaban J connectivity index is 2.35. The first-order valence-electron chi connectivity index (χ1n) is 6.20. The molecule has 0 spiro atoms. The minimum atomic E-state index is -3.72. The fourth-order valence-corrected chi connectivity index (χ4v) is 2.83. The van der Waals surface area contributed by atoms with Gasteiger partial charge in [0, 0.05) is 6.54 Å². The number of anilines is 2. The molecule has 2 rings (SSSR count). The van der Waals surface area contributed by atoms with Crippen LogP contribution in [0.2, 0.25) is 0 Å². The molecule has 7 heteroatoms. The molecule has 0 aliphatic carbocycles. The average molecular weight is 285 g/mol. The molecule has 0 saturated carbocycles. The molecule has 1 unspecified atom stereocenters. The van der Waals surface area contributed by atoms with Crippen molar-refractivity contribution in [2.75, 3.05) is 30.4 Å². The van der Waals surface area contributed by atoms with Crippen LogP contribution in [0.25, 0.3) is 0 Å². The van der Waals surface area contributed by atoms with Crippen molar-refractivity contribution in [2.45, 2.75) is 24.3 Å². The maximum absolute atomic E-state index is 11.3. The van der Waals surface area contributed by atoms with Gasteiger partial charge in [0.25, 0.3) is 0 Å². The van der Waals surface area contributed by atoms with Crippen molar-refractivity contribution in [1.82, 2.24) is 0 Å². The van der Waals surface area contributed by atoms with Crippen LogP contribution in [0.5, 0.6) is 0 Å². The normalized spacial score (nSPS) is 20.5. The van der Waals surface area contributed by atoms with Gasteiger partial charge in [0.1, 0.15) is 0 Å². The van der Waals surface area contributed by atoms with E-state index >= 15 is 0 Å². The van der Waals surface area contributed by atoms with E-state index in [1.165, 1.54) is 12.1 Å². The molecular formula is C12H19N3O3S. The zero-order chi connectivity index (χ0) is 14.0. The number of nitrogens with zero attached hydrogens (tertiary/aromatic N) is 1. The van der Waals surface area contributed by atoms with E-state index in [4.69, 9.17) is 15.6 Å². The van der Waals surface area contributed by atoms with E-state index in [0.717, 1.165) is 18.7 Å². The number of morpholine rings is 1. The van der Waals surface area contributed by atoms with Crippen LogP contribution in [0.3, 0.4) is 0 Å². The van der Waals surface area contributed by atoms with Crippen LogP contribution in [0.1, 0.15) is 13.3 Å². The Labute approximate surface area is 113 Å². The molecule has 1 saturated heterocycles. The highest BCUT2D eigenvalue weighted by Gasteiger charge is 2.23. The van der Waals surface area contributed by atoms with Crippen molar-refractivity contribution >= 4 is 21.4 Å². The van der Waals surface area contributed by atoms with Crippen LogP contribution in [0.15, 0.2) is 23.1 Å². The van der Waals surface area contributed by atoms with E-state index in [9.17, 15) is 8.42 Å². The van der Waals surface area contributed by atoms with E-state index in [0.29, 0.717) is 18.9 Å². The number of ether oxygens (including phenoxy) is 1. The van der Waals surface area contributed by atoms with Gasteiger partial charge in [0.2, 0.25) is 10.0 Å². The fourth-order valence-electron chi connectivity index (χ4n) is 2.28. The van der Waals surface area contributed by atoms with Crippen LogP contribution in [-0.2, 0) is 14.8 Å². The first-order chi connectivity index (χ1) is 8.93. The van der Waals surface area contributed by atoms with Gasteiger partial charge in [-0.1, -0.05) is 6.92 Å². The van der Waals surface area contributed by atoms with Crippen molar-refractivity contribution < 1.29 is 13.2 Å². The molecule has 1 fully saturated rings. The molecule has 1 aliphatic heterocycles. The van der Waals surface area contributed by atoms with Gasteiger partial charge in [0.05, 0.1) is 35.5 Å². The summed E-state index contributed by atoms with van der Waals surface area (Å²) >= 11 is 0. The van der Waals surface area contributed by atoms with Gasteiger partial charge in [-0.15, -0.1) is 0 Å². The van der Waals surface area contributed by atoms with E-state index in [1.807, 2.05) is 0 Å². The fraction of sp³-hybridized carbons (Fsp3) is 0.500. The van der Waals surface area contributed by atoms with Crippen LogP contribution in [0.4, 0.5) is 11.4 Å². The number of nitrogen functional groups attached to an aromatic ring is 1. The summed E-state index contributed by atoms with van der Waals surface area (Å²) in [6.45, 7) is 4.14. The second-order valence-corrected chi connectivity index (χ2v) is 6.16. The lowest BCUT2D eigenvalue weighted by atomic mass is 10.1. The van der Waals surface area contributed by atoms with Crippen molar-refractivity contribution in [2.24, 2.45) is 5.14 Å². The first kappa shape index (κ1) is 14.1. The lowest BCUT2D eigenvalue weighted by Crippen LogP contribution is -2.45. The summed E-state index contributed by atoms with van der Waals surface area (Å²) in [5.41, 5.74) is 7.22. The van der Waals surface area contributed by atoms with E-state index < -0.39 is 10.0 Å². The lowest BCUT2D eigenvalue weighted by molar-refractivity contribution is 0.0930. The number of hydrogen-bond acceptors (Lipinski definition) is 5. The van der Waals surface area contributed by atoms with Crippen molar-refractivity contribution in [3.05, 3.63) is 18.2 Å². The molecule has 0 bridgehead atoms. The molecule has 1 aromatic rings. The summed E-state index contributed by atoms with van der Waals surface area (Å²) in [6, 6.07) is 4.87. The minimum Gasteiger partial charge on any atom is -0.397 e. The highest BCUT2D eigenvalue weighted by molar-refractivity contribution is 7.89. The third-order valence-electron chi connectivity index (χ3n) is 3.34. The van der Waals surface area contributed by atoms with Gasteiger partial charge in [-0.2, -0.15) is 0 Å². The zero-order valence-electron chi connectivity index (χ0n) is 10.9. The molecule has 19 heavy (non-hydrogen) atoms. The van der Waals surface area contributed by atoms with Gasteiger partial charge in [-0.3, -0.25) is 0 Å². The summed E-state index contributed by atoms with van der Waals surface area (Å²) < 4.78 is 28.0. The number of primary sulfonamides is 1. The van der Waals surface area contributed by atoms with Crippen molar-refractivity contribution in [3.8, 4) is 0 Å². The Morgan fingerprint density at radius 1 is 1.47 bits per heavy atom. The van der Waals surface area contributed by atoms with Crippen molar-refractivity contribution in [3.63, 3.8) is 0 Å². The standard InChI is InChI=1S/C12H19N3O3S/c1-2-9-8-18-6-5-15(9)12-4-3-10(7-11(12)13)19(14,16)17/h3-4,7,9H,2,5-6,8,13H2,1H3,(H2,14,16,17). The summed E-state index contributed by atoms with van der Waals surface area (Å²) in [6.07, 6.45) is 0.941. The van der Waals surface area contributed by atoms with Crippen LogP contribution >= 0.6 is 0 Å². The molecule has 0 aromatic heterocycles. The summed E-state index contributed by atoms with van der Waals surface area (Å²) in [4.78, 5) is 2.20. The van der Waals surface area contributed by atoms with E-state index in [2.05, 4.69) is 11.8 Å². The first-order valence-corrected chi connectivity index (χ1v) is 7.75. The smallest absolute Gasteiger partial charge is 0.238 e. The van der Waals surface area contributed by atoms with E-state index in [-0.39, 0.29) is 10.9 Å². The van der Waals surface area contributed by atoms with Crippen LogP contribution in [-0.4, -0.2) is 34.2 Å². The largest absolute Gasteiger partial charge is 0.397 e. The van der Waals surface area contributed by atoms with Gasteiger partial charge in [0.15, 0.2) is 0 Å². The molecule has 106 valence electrons. The summed E-state index contributed by atoms with van der Waals surface area (Å²) in [5.74, 6) is 0. The van der Waals surface area contributed by atoms with Gasteiger partial charge >= 0.3 is 0 Å². The number of nitrogens with two attached hydrogens (primary N) is 2. The zero-order valence-corrected chi connectivity index (χ0v) is 11.7. The Morgan fingerprint density at radius 3 is 2.79 bits per heavy atom. The number of benzene rings is 1. The predicted octanol–water partition coefficient (Wildman–Crippen LogP) is 0.531. The quantitative estimate of drug-likeness (QED) is 0.789. The number of rotatable bonds is 3. The Kier molecular flexibility index (Phi) is 3.98. The SMILES string of the molecule is CCC1COCCN1c1ccc(S(N)(=O)=O)cc1N. The molecular weight excluding hydrogens is 266 g/mol. The molecule has 1 aliphatic rings. The second-order valence-electron chi connectivity index (χ2n) is 4.60. The molecule has 0 radical (unpaired) electrons. The highest BCUT2D eigenvalue weighted by Crippen LogP contribution is 2.29. The van der Waals surface area contributed by atoms with Crippen LogP contribution < -0.4 is 15.8 Å². The number of hydrogen-bond donors (Lipinski definition) is 2. The van der Waals surface area contributed by atoms with Gasteiger partial charge in [-0.25, -0.2) is 13.6 Å². The number of sulfonamides is 1.